The van der Waals surface area contributed by atoms with Crippen LogP contribution in [0.1, 0.15) is 30.9 Å². The van der Waals surface area contributed by atoms with Crippen molar-refractivity contribution in [3.8, 4) is 0 Å². The van der Waals surface area contributed by atoms with E-state index in [0.29, 0.717) is 23.6 Å². The lowest BCUT2D eigenvalue weighted by molar-refractivity contribution is -0.159. The first-order valence-corrected chi connectivity index (χ1v) is 9.83. The number of ether oxygens (including phenoxy) is 1. The number of carbonyl (C=O) groups excluding carboxylic acids is 4. The summed E-state index contributed by atoms with van der Waals surface area (Å²) in [7, 11) is 0. The minimum absolute atomic E-state index is 0.361. The zero-order chi connectivity index (χ0) is 21.3. The lowest BCUT2D eigenvalue weighted by atomic mass is 9.85. The van der Waals surface area contributed by atoms with E-state index in [1.54, 1.807) is 6.07 Å². The molecule has 0 aromatic heterocycles. The van der Waals surface area contributed by atoms with Gasteiger partial charge in [0.2, 0.25) is 11.8 Å². The highest BCUT2D eigenvalue weighted by molar-refractivity contribution is 6.34. The van der Waals surface area contributed by atoms with Crippen molar-refractivity contribution in [1.82, 2.24) is 4.90 Å². The van der Waals surface area contributed by atoms with E-state index in [1.807, 2.05) is 32.1 Å². The number of imide groups is 1. The van der Waals surface area contributed by atoms with Gasteiger partial charge in [-0.15, -0.1) is 0 Å². The van der Waals surface area contributed by atoms with Crippen molar-refractivity contribution in [2.75, 3.05) is 11.9 Å². The van der Waals surface area contributed by atoms with Gasteiger partial charge in [0.05, 0.1) is 22.5 Å². The summed E-state index contributed by atoms with van der Waals surface area (Å²) in [5.41, 5.74) is 2.20. The van der Waals surface area contributed by atoms with Crippen molar-refractivity contribution in [3.05, 3.63) is 40.4 Å². The van der Waals surface area contributed by atoms with Crippen LogP contribution >= 0.6 is 11.6 Å². The Balaban J connectivity index is 1.59. The molecule has 7 nitrogen and oxygen atoms in total. The number of likely N-dealkylation sites (tertiary alicyclic amines) is 1. The molecule has 8 heteroatoms. The van der Waals surface area contributed by atoms with Gasteiger partial charge >= 0.3 is 5.97 Å². The van der Waals surface area contributed by atoms with E-state index < -0.39 is 36.4 Å². The number of esters is 1. The third kappa shape index (κ3) is 4.19. The van der Waals surface area contributed by atoms with E-state index in [0.717, 1.165) is 16.0 Å². The summed E-state index contributed by atoms with van der Waals surface area (Å²) < 4.78 is 5.05. The van der Waals surface area contributed by atoms with Crippen LogP contribution in [0.3, 0.4) is 0 Å². The Bertz CT molecular complexity index is 861. The number of rotatable bonds is 5. The number of allylic oxidation sites excluding steroid dienone is 2. The maximum absolute atomic E-state index is 12.5. The normalized spacial score (nSPS) is 21.7. The maximum atomic E-state index is 12.5. The average molecular weight is 419 g/mol. The smallest absolute Gasteiger partial charge is 0.329 e. The van der Waals surface area contributed by atoms with E-state index in [4.69, 9.17) is 16.3 Å². The van der Waals surface area contributed by atoms with Crippen molar-refractivity contribution in [2.45, 2.75) is 39.7 Å². The molecule has 0 spiro atoms. The number of benzene rings is 1. The Morgan fingerprint density at radius 1 is 1.17 bits per heavy atom. The first kappa shape index (κ1) is 21.0. The molecule has 2 aliphatic rings. The van der Waals surface area contributed by atoms with Gasteiger partial charge < -0.3 is 10.1 Å². The van der Waals surface area contributed by atoms with Gasteiger partial charge in [-0.1, -0.05) is 29.8 Å². The van der Waals surface area contributed by atoms with Gasteiger partial charge in [-0.3, -0.25) is 19.3 Å². The van der Waals surface area contributed by atoms with Gasteiger partial charge in [-0.2, -0.15) is 0 Å². The van der Waals surface area contributed by atoms with E-state index in [9.17, 15) is 19.2 Å². The van der Waals surface area contributed by atoms with Gasteiger partial charge in [-0.05, 0) is 50.8 Å². The molecule has 154 valence electrons. The molecule has 3 atom stereocenters. The summed E-state index contributed by atoms with van der Waals surface area (Å²) in [5.74, 6) is -2.92. The van der Waals surface area contributed by atoms with Gasteiger partial charge in [0.25, 0.3) is 5.91 Å². The molecule has 0 radical (unpaired) electrons. The first-order valence-electron chi connectivity index (χ1n) is 9.45. The molecule has 1 N–H and O–H groups in total. The van der Waals surface area contributed by atoms with Crippen LogP contribution in [-0.2, 0) is 23.9 Å². The molecule has 1 aromatic rings. The Labute approximate surface area is 174 Å². The number of hydrogen-bond acceptors (Lipinski definition) is 5. The van der Waals surface area contributed by atoms with Crippen LogP contribution in [0.5, 0.6) is 0 Å². The number of amides is 3. The maximum Gasteiger partial charge on any atom is 0.329 e. The predicted octanol–water partition coefficient (Wildman–Crippen LogP) is 2.78. The standard InChI is InChI=1S/C21H23ClN2O5/c1-11-8-12(2)18(16(22)9-11)23-17(25)10-29-21(28)13(3)24-19(26)14-6-4-5-7-15(14)20(24)27/h4-5,8-9,13-15H,6-7,10H2,1-3H3,(H,23,25)/t13-,14+,15+/m0/s1. The van der Waals surface area contributed by atoms with Crippen molar-refractivity contribution >= 4 is 41.0 Å². The van der Waals surface area contributed by atoms with Crippen LogP contribution < -0.4 is 5.32 Å². The molecule has 0 saturated carbocycles. The molecule has 0 bridgehead atoms. The van der Waals surface area contributed by atoms with Crippen LogP contribution in [-0.4, -0.2) is 41.2 Å². The predicted molar refractivity (Wildman–Crippen MR) is 107 cm³/mol. The average Bonchev–Trinajstić information content (AvgIpc) is 2.93. The monoisotopic (exact) mass is 418 g/mol. The summed E-state index contributed by atoms with van der Waals surface area (Å²) in [5, 5.41) is 3.01. The topological polar surface area (TPSA) is 92.8 Å². The fourth-order valence-electron chi connectivity index (χ4n) is 3.82. The Kier molecular flexibility index (Phi) is 6.07. The van der Waals surface area contributed by atoms with E-state index in [1.165, 1.54) is 6.92 Å². The quantitative estimate of drug-likeness (QED) is 0.451. The van der Waals surface area contributed by atoms with E-state index in [2.05, 4.69) is 5.32 Å². The zero-order valence-electron chi connectivity index (χ0n) is 16.5. The second-order valence-corrected chi connectivity index (χ2v) is 7.88. The number of hydrogen-bond donors (Lipinski definition) is 1. The molecule has 1 heterocycles. The van der Waals surface area contributed by atoms with Crippen LogP contribution in [0, 0.1) is 25.7 Å². The number of nitrogens with one attached hydrogen (secondary N) is 1. The van der Waals surface area contributed by atoms with Crippen LogP contribution in [0.15, 0.2) is 24.3 Å². The second-order valence-electron chi connectivity index (χ2n) is 7.47. The molecule has 0 unspecified atom stereocenters. The number of fused-ring (bicyclic) bond motifs is 1. The number of halogens is 1. The number of carbonyl (C=O) groups is 4. The third-order valence-electron chi connectivity index (χ3n) is 5.31. The molecule has 1 aromatic carbocycles. The molecule has 1 saturated heterocycles. The summed E-state index contributed by atoms with van der Waals surface area (Å²) >= 11 is 6.16. The molecular formula is C21H23ClN2O5. The highest BCUT2D eigenvalue weighted by Gasteiger charge is 2.50. The lowest BCUT2D eigenvalue weighted by Gasteiger charge is -2.21. The summed E-state index contributed by atoms with van der Waals surface area (Å²) in [4.78, 5) is 50.6. The van der Waals surface area contributed by atoms with Gasteiger partial charge in [0.1, 0.15) is 6.04 Å². The van der Waals surface area contributed by atoms with Crippen LogP contribution in [0.4, 0.5) is 5.69 Å². The van der Waals surface area contributed by atoms with Crippen molar-refractivity contribution in [1.29, 1.82) is 0 Å². The third-order valence-corrected chi connectivity index (χ3v) is 5.61. The van der Waals surface area contributed by atoms with E-state index in [-0.39, 0.29) is 11.8 Å². The lowest BCUT2D eigenvalue weighted by Crippen LogP contribution is -2.45. The van der Waals surface area contributed by atoms with Gasteiger partial charge in [0.15, 0.2) is 6.61 Å². The highest BCUT2D eigenvalue weighted by Crippen LogP contribution is 2.36. The fourth-order valence-corrected chi connectivity index (χ4v) is 4.19. The van der Waals surface area contributed by atoms with Crippen LogP contribution in [0.25, 0.3) is 0 Å². The number of nitrogens with zero attached hydrogens (tertiary/aromatic N) is 1. The molecule has 1 aliphatic carbocycles. The minimum Gasteiger partial charge on any atom is -0.454 e. The van der Waals surface area contributed by atoms with Crippen molar-refractivity contribution in [2.24, 2.45) is 11.8 Å². The minimum atomic E-state index is -1.09. The Hall–Kier alpha value is -2.67. The van der Waals surface area contributed by atoms with Crippen molar-refractivity contribution in [3.63, 3.8) is 0 Å². The molecule has 29 heavy (non-hydrogen) atoms. The molecule has 1 fully saturated rings. The SMILES string of the molecule is Cc1cc(C)c(NC(=O)COC(=O)[C@H](C)N2C(=O)[C@@H]3CC=CC[C@H]3C2=O)c(Cl)c1. The Morgan fingerprint density at radius 3 is 2.31 bits per heavy atom. The highest BCUT2D eigenvalue weighted by atomic mass is 35.5. The van der Waals surface area contributed by atoms with Crippen LogP contribution in [0.2, 0.25) is 5.02 Å². The van der Waals surface area contributed by atoms with Gasteiger partial charge in [-0.25, -0.2) is 4.79 Å². The summed E-state index contributed by atoms with van der Waals surface area (Å²) in [6.07, 6.45) is 4.74. The molecule has 3 rings (SSSR count). The van der Waals surface area contributed by atoms with E-state index >= 15 is 0 Å². The Morgan fingerprint density at radius 2 is 1.76 bits per heavy atom. The fraction of sp³-hybridized carbons (Fsp3) is 0.429. The molecule has 3 amide bonds. The summed E-state index contributed by atoms with van der Waals surface area (Å²) in [6, 6.07) is 2.50. The second kappa shape index (κ2) is 8.37. The number of aryl methyl sites for hydroxylation is 2. The number of anilines is 1. The van der Waals surface area contributed by atoms with Crippen molar-refractivity contribution < 1.29 is 23.9 Å². The zero-order valence-corrected chi connectivity index (χ0v) is 17.3. The molecular weight excluding hydrogens is 396 g/mol. The molecule has 1 aliphatic heterocycles. The van der Waals surface area contributed by atoms with Gasteiger partial charge in [0, 0.05) is 0 Å². The first-order chi connectivity index (χ1) is 13.7. The summed E-state index contributed by atoms with van der Waals surface area (Å²) in [6.45, 7) is 4.58. The largest absolute Gasteiger partial charge is 0.454 e.